The monoisotopic (exact) mass is 915 g/mol. The lowest BCUT2D eigenvalue weighted by atomic mass is 10.0. The molecule has 4 saturated heterocycles. The maximum Gasteiger partial charge on any atom is 0.276 e. The van der Waals surface area contributed by atoms with Crippen LogP contribution in [0.1, 0.15) is 53.6 Å². The van der Waals surface area contributed by atoms with Crippen LogP contribution in [0.3, 0.4) is 0 Å². The molecule has 9 heterocycles. The standard InChI is InChI=1S/C51H57N13O4/c1-33-30-63(47-10-7-39(27-54-47)56-50(65)48-43-23-34(5-8-45(43)57-58-48)36-21-40(28-52-25-36)61-13-3-4-14-61)31-42(68-33)32-64-46-9-6-35(37-22-41(29-53-26-37)62-17-19-67-20-18-62)24-44(46)49(59-64)51(66)55-38-11-15-60(2)16-12-38/h5-10,21-29,33,38,42H,3-4,11-20,30-32H2,1-2H3,(H,55,66)(H,56,65)(H,57,58). The van der Waals surface area contributed by atoms with Gasteiger partial charge < -0.3 is 39.7 Å². The Labute approximate surface area is 394 Å². The fraction of sp³-hybridized carbons (Fsp3) is 0.392. The average molecular weight is 916 g/mol. The number of carbonyl (C=O) groups is 2. The quantitative estimate of drug-likeness (QED) is 0.133. The van der Waals surface area contributed by atoms with E-state index in [1.54, 1.807) is 6.20 Å². The number of morpholine rings is 2. The van der Waals surface area contributed by atoms with E-state index in [0.29, 0.717) is 49.9 Å². The van der Waals surface area contributed by atoms with Gasteiger partial charge in [0.25, 0.3) is 11.8 Å². The Morgan fingerprint density at radius 1 is 0.721 bits per heavy atom. The number of piperidine rings is 1. The van der Waals surface area contributed by atoms with Crippen molar-refractivity contribution in [2.45, 2.75) is 57.4 Å². The second kappa shape index (κ2) is 19.0. The molecule has 4 aliphatic heterocycles. The molecule has 0 spiro atoms. The molecule has 2 amide bonds. The number of anilines is 4. The smallest absolute Gasteiger partial charge is 0.276 e. The molecular weight excluding hydrogens is 859 g/mol. The highest BCUT2D eigenvalue weighted by molar-refractivity contribution is 6.11. The number of nitrogens with zero attached hydrogens (tertiary/aromatic N) is 10. The third kappa shape index (κ3) is 9.20. The molecule has 0 bridgehead atoms. The van der Waals surface area contributed by atoms with Gasteiger partial charge in [-0.05, 0) is 112 Å². The third-order valence-corrected chi connectivity index (χ3v) is 13.8. The molecule has 7 aromatic rings. The van der Waals surface area contributed by atoms with Crippen molar-refractivity contribution in [2.75, 3.05) is 92.6 Å². The highest BCUT2D eigenvalue weighted by atomic mass is 16.5. The third-order valence-electron chi connectivity index (χ3n) is 13.8. The van der Waals surface area contributed by atoms with E-state index >= 15 is 0 Å². The van der Waals surface area contributed by atoms with Crippen molar-refractivity contribution in [3.8, 4) is 22.3 Å². The minimum Gasteiger partial charge on any atom is -0.378 e. The van der Waals surface area contributed by atoms with Crippen LogP contribution in [0.2, 0.25) is 0 Å². The van der Waals surface area contributed by atoms with Gasteiger partial charge in [0.05, 0.1) is 78.7 Å². The Hall–Kier alpha value is -6.95. The van der Waals surface area contributed by atoms with Crippen LogP contribution < -0.4 is 25.3 Å². The molecule has 0 saturated carbocycles. The van der Waals surface area contributed by atoms with Crippen molar-refractivity contribution in [1.82, 2.24) is 45.1 Å². The van der Waals surface area contributed by atoms with Crippen LogP contribution in [0.4, 0.5) is 22.9 Å². The number of fused-ring (bicyclic) bond motifs is 2. The van der Waals surface area contributed by atoms with Gasteiger partial charge in [-0.25, -0.2) is 4.98 Å². The normalized spacial score (nSPS) is 19.5. The summed E-state index contributed by atoms with van der Waals surface area (Å²) in [4.78, 5) is 50.9. The van der Waals surface area contributed by atoms with Crippen LogP contribution in [0, 0.1) is 0 Å². The van der Waals surface area contributed by atoms with E-state index in [1.165, 1.54) is 12.8 Å². The number of H-pyrrole nitrogens is 1. The summed E-state index contributed by atoms with van der Waals surface area (Å²) in [6, 6.07) is 20.4. The van der Waals surface area contributed by atoms with Gasteiger partial charge >= 0.3 is 0 Å². The number of nitrogens with one attached hydrogen (secondary N) is 3. The molecule has 2 unspecified atom stereocenters. The molecular formula is C51H57N13O4. The minimum absolute atomic E-state index is 0.0874. The first kappa shape index (κ1) is 43.6. The Morgan fingerprint density at radius 3 is 2.15 bits per heavy atom. The zero-order chi connectivity index (χ0) is 46.1. The zero-order valence-electron chi connectivity index (χ0n) is 38.6. The van der Waals surface area contributed by atoms with Crippen LogP contribution in [0.25, 0.3) is 44.1 Å². The predicted octanol–water partition coefficient (Wildman–Crippen LogP) is 6.24. The summed E-state index contributed by atoms with van der Waals surface area (Å²) in [5.74, 6) is 0.268. The summed E-state index contributed by atoms with van der Waals surface area (Å²) in [5, 5.41) is 20.3. The van der Waals surface area contributed by atoms with E-state index in [0.717, 1.165) is 113 Å². The van der Waals surface area contributed by atoms with Crippen molar-refractivity contribution < 1.29 is 19.1 Å². The first-order chi connectivity index (χ1) is 33.3. The van der Waals surface area contributed by atoms with Crippen LogP contribution in [-0.4, -0.2) is 143 Å². The molecule has 350 valence electrons. The maximum absolute atomic E-state index is 14.1. The van der Waals surface area contributed by atoms with Gasteiger partial charge in [0.2, 0.25) is 0 Å². The van der Waals surface area contributed by atoms with Crippen LogP contribution in [0.5, 0.6) is 0 Å². The molecule has 2 aromatic carbocycles. The fourth-order valence-electron chi connectivity index (χ4n) is 10.1. The van der Waals surface area contributed by atoms with Crippen molar-refractivity contribution in [3.05, 3.63) is 103 Å². The van der Waals surface area contributed by atoms with Gasteiger partial charge in [-0.1, -0.05) is 12.1 Å². The van der Waals surface area contributed by atoms with E-state index < -0.39 is 0 Å². The van der Waals surface area contributed by atoms with Crippen molar-refractivity contribution in [1.29, 1.82) is 0 Å². The highest BCUT2D eigenvalue weighted by Crippen LogP contribution is 2.32. The van der Waals surface area contributed by atoms with Crippen molar-refractivity contribution in [3.63, 3.8) is 0 Å². The Kier molecular flexibility index (Phi) is 12.2. The first-order valence-electron chi connectivity index (χ1n) is 23.9. The van der Waals surface area contributed by atoms with Gasteiger partial charge in [-0.2, -0.15) is 10.2 Å². The lowest BCUT2D eigenvalue weighted by Crippen LogP contribution is -2.48. The van der Waals surface area contributed by atoms with E-state index in [4.69, 9.17) is 19.6 Å². The average Bonchev–Trinajstić information content (AvgIpc) is 4.15. The lowest BCUT2D eigenvalue weighted by molar-refractivity contribution is -0.0252. The topological polar surface area (TPSA) is 175 Å². The van der Waals surface area contributed by atoms with Crippen molar-refractivity contribution in [2.24, 2.45) is 0 Å². The number of hydrogen-bond acceptors (Lipinski definition) is 13. The van der Waals surface area contributed by atoms with E-state index in [-0.39, 0.29) is 30.1 Å². The summed E-state index contributed by atoms with van der Waals surface area (Å²) in [6.45, 7) is 10.6. The molecule has 17 heteroatoms. The highest BCUT2D eigenvalue weighted by Gasteiger charge is 2.30. The molecule has 68 heavy (non-hydrogen) atoms. The Balaban J connectivity index is 0.799. The SMILES string of the molecule is CC1CN(c2ccc(NC(=O)c3n[nH]c4ccc(-c5cncc(N6CCCC6)c5)cc34)cn2)CC(Cn2nc(C(=O)NC3CCN(C)CC3)c3cc(-c4cncc(N5CCOCC5)c4)ccc32)O1. The molecule has 4 aliphatic rings. The second-order valence-corrected chi connectivity index (χ2v) is 18.6. The fourth-order valence-corrected chi connectivity index (χ4v) is 10.1. The summed E-state index contributed by atoms with van der Waals surface area (Å²) in [6.07, 6.45) is 13.0. The molecule has 3 N–H and O–H groups in total. The van der Waals surface area contributed by atoms with E-state index in [2.05, 4.69) is 94.7 Å². The minimum atomic E-state index is -0.330. The molecule has 0 radical (unpaired) electrons. The van der Waals surface area contributed by atoms with Crippen molar-refractivity contribution >= 4 is 56.5 Å². The number of ether oxygens (including phenoxy) is 2. The van der Waals surface area contributed by atoms with Gasteiger partial charge in [0.15, 0.2) is 11.4 Å². The first-order valence-corrected chi connectivity index (χ1v) is 23.9. The van der Waals surface area contributed by atoms with E-state index in [1.807, 2.05) is 59.8 Å². The van der Waals surface area contributed by atoms with Crippen LogP contribution >= 0.6 is 0 Å². The summed E-state index contributed by atoms with van der Waals surface area (Å²) in [7, 11) is 2.12. The molecule has 2 atom stereocenters. The zero-order valence-corrected chi connectivity index (χ0v) is 38.6. The molecule has 5 aromatic heterocycles. The second-order valence-electron chi connectivity index (χ2n) is 18.6. The number of carbonyl (C=O) groups excluding carboxylic acids is 2. The maximum atomic E-state index is 14.1. The number of rotatable bonds is 11. The number of likely N-dealkylation sites (tertiary alicyclic amines) is 1. The summed E-state index contributed by atoms with van der Waals surface area (Å²) >= 11 is 0. The predicted molar refractivity (Wildman–Crippen MR) is 263 cm³/mol. The van der Waals surface area contributed by atoms with Gasteiger partial charge in [-0.15, -0.1) is 0 Å². The van der Waals surface area contributed by atoms with Crippen LogP contribution in [0.15, 0.2) is 91.6 Å². The summed E-state index contributed by atoms with van der Waals surface area (Å²) < 4.78 is 14.0. The molecule has 17 nitrogen and oxygen atoms in total. The van der Waals surface area contributed by atoms with Gasteiger partial charge in [-0.3, -0.25) is 29.3 Å². The number of benzene rings is 2. The largest absolute Gasteiger partial charge is 0.378 e. The number of pyridine rings is 3. The number of amides is 2. The van der Waals surface area contributed by atoms with E-state index in [9.17, 15) is 9.59 Å². The number of aromatic nitrogens is 7. The van der Waals surface area contributed by atoms with Crippen LogP contribution in [-0.2, 0) is 16.0 Å². The lowest BCUT2D eigenvalue weighted by Gasteiger charge is -2.37. The Bertz CT molecular complexity index is 2930. The number of aromatic amines is 1. The molecule has 4 fully saturated rings. The molecule has 11 rings (SSSR count). The number of hydrogen-bond donors (Lipinski definition) is 3. The Morgan fingerprint density at radius 2 is 1.43 bits per heavy atom. The van der Waals surface area contributed by atoms with Gasteiger partial charge in [0, 0.05) is 79.6 Å². The summed E-state index contributed by atoms with van der Waals surface area (Å²) in [5.41, 5.74) is 8.95. The van der Waals surface area contributed by atoms with Gasteiger partial charge in [0.1, 0.15) is 5.82 Å². The molecule has 0 aliphatic carbocycles.